The van der Waals surface area contributed by atoms with Gasteiger partial charge in [-0.3, -0.25) is 4.99 Å². The van der Waals surface area contributed by atoms with Crippen molar-refractivity contribution >= 4 is 38.8 Å². The normalized spacial score (nSPS) is 19.7. The van der Waals surface area contributed by atoms with Crippen LogP contribution in [0.5, 0.6) is 0 Å². The van der Waals surface area contributed by atoms with Crippen molar-refractivity contribution < 1.29 is 0 Å². The van der Waals surface area contributed by atoms with E-state index in [0.717, 1.165) is 40.2 Å². The molecule has 2 heterocycles. The summed E-state index contributed by atoms with van der Waals surface area (Å²) in [4.78, 5) is 5.26. The highest BCUT2D eigenvalue weighted by Gasteiger charge is 2.43. The Hall–Kier alpha value is -5.41. The van der Waals surface area contributed by atoms with Crippen LogP contribution in [-0.4, -0.2) is 10.3 Å². The molecule has 2 atom stereocenters. The quantitative estimate of drug-likeness (QED) is 0.217. The molecule has 46 heavy (non-hydrogen) atoms. The molecule has 3 heteroatoms. The van der Waals surface area contributed by atoms with Gasteiger partial charge in [-0.15, -0.1) is 0 Å². The van der Waals surface area contributed by atoms with Gasteiger partial charge in [-0.25, -0.2) is 0 Å². The van der Waals surface area contributed by atoms with Gasteiger partial charge in [-0.2, -0.15) is 0 Å². The number of aliphatic imine (C=N–C) groups is 1. The fourth-order valence-electron chi connectivity index (χ4n) is 7.92. The molecule has 0 amide bonds. The zero-order valence-corrected chi connectivity index (χ0v) is 26.1. The summed E-state index contributed by atoms with van der Waals surface area (Å²) in [6.07, 6.45) is 9.94. The second kappa shape index (κ2) is 10.3. The summed E-state index contributed by atoms with van der Waals surface area (Å²) in [5.74, 6) is 0.517. The van der Waals surface area contributed by atoms with Crippen molar-refractivity contribution in [1.29, 1.82) is 0 Å². The minimum atomic E-state index is -0.228. The third kappa shape index (κ3) is 4.15. The third-order valence-corrected chi connectivity index (χ3v) is 10.3. The number of aromatic nitrogens is 1. The molecule has 5 aromatic carbocycles. The van der Waals surface area contributed by atoms with Crippen molar-refractivity contribution in [2.24, 2.45) is 10.9 Å². The molecular weight excluding hydrogens is 558 g/mol. The van der Waals surface area contributed by atoms with Crippen LogP contribution in [0.2, 0.25) is 0 Å². The fraction of sp³-hybridized carbons (Fsp3) is 0.140. The lowest BCUT2D eigenvalue weighted by Crippen LogP contribution is -2.25. The van der Waals surface area contributed by atoms with Crippen LogP contribution in [0, 0.1) is 5.92 Å². The number of hydrogen-bond donors (Lipinski definition) is 1. The van der Waals surface area contributed by atoms with E-state index in [0.29, 0.717) is 5.92 Å². The van der Waals surface area contributed by atoms with E-state index in [1.165, 1.54) is 38.5 Å². The van der Waals surface area contributed by atoms with E-state index in [4.69, 9.17) is 4.99 Å². The van der Waals surface area contributed by atoms with Crippen molar-refractivity contribution in [1.82, 2.24) is 9.88 Å². The molecule has 1 N–H and O–H groups in total. The predicted octanol–water partition coefficient (Wildman–Crippen LogP) is 10.2. The first-order chi connectivity index (χ1) is 22.6. The Morgan fingerprint density at radius 3 is 2.33 bits per heavy atom. The molecule has 0 bridgehead atoms. The summed E-state index contributed by atoms with van der Waals surface area (Å²) >= 11 is 0. The third-order valence-electron chi connectivity index (χ3n) is 10.3. The van der Waals surface area contributed by atoms with E-state index in [-0.39, 0.29) is 11.6 Å². The Balaban J connectivity index is 1.21. The van der Waals surface area contributed by atoms with Crippen LogP contribution in [0.15, 0.2) is 151 Å². The average molecular weight is 594 g/mol. The van der Waals surface area contributed by atoms with E-state index in [2.05, 4.69) is 169 Å². The van der Waals surface area contributed by atoms with Crippen LogP contribution in [0.1, 0.15) is 54.3 Å². The van der Waals surface area contributed by atoms with Gasteiger partial charge in [0, 0.05) is 22.2 Å². The molecule has 2 unspecified atom stereocenters. The summed E-state index contributed by atoms with van der Waals surface area (Å²) in [5.41, 5.74) is 13.5. The van der Waals surface area contributed by atoms with Crippen molar-refractivity contribution in [3.05, 3.63) is 173 Å². The summed E-state index contributed by atoms with van der Waals surface area (Å²) in [6.45, 7) is 4.84. The number of hydrogen-bond acceptors (Lipinski definition) is 2. The molecular formula is C43H35N3. The molecule has 222 valence electrons. The Bertz CT molecular complexity index is 2280. The molecule has 1 aliphatic heterocycles. The number of fused-ring (bicyclic) bond motifs is 6. The molecule has 2 aliphatic carbocycles. The molecule has 0 radical (unpaired) electrons. The largest absolute Gasteiger partial charge is 0.360 e. The molecule has 9 rings (SSSR count). The monoisotopic (exact) mass is 593 g/mol. The Labute approximate surface area is 269 Å². The lowest BCUT2D eigenvalue weighted by molar-refractivity contribution is 0.415. The van der Waals surface area contributed by atoms with E-state index >= 15 is 0 Å². The Kier molecular flexibility index (Phi) is 6.04. The molecule has 0 saturated carbocycles. The highest BCUT2D eigenvalue weighted by molar-refractivity contribution is 6.13. The van der Waals surface area contributed by atoms with Crippen LogP contribution in [0.4, 0.5) is 0 Å². The molecule has 3 aliphatic rings. The maximum absolute atomic E-state index is 5.26. The maximum atomic E-state index is 5.26. The Morgan fingerprint density at radius 1 is 0.739 bits per heavy atom. The first-order valence-electron chi connectivity index (χ1n) is 16.3. The van der Waals surface area contributed by atoms with Crippen molar-refractivity contribution in [2.45, 2.75) is 31.8 Å². The van der Waals surface area contributed by atoms with Gasteiger partial charge >= 0.3 is 0 Å². The van der Waals surface area contributed by atoms with Crippen LogP contribution in [0.3, 0.4) is 0 Å². The summed E-state index contributed by atoms with van der Waals surface area (Å²) in [6, 6.07) is 43.7. The smallest absolute Gasteiger partial charge is 0.145 e. The van der Waals surface area contributed by atoms with E-state index < -0.39 is 0 Å². The summed E-state index contributed by atoms with van der Waals surface area (Å²) in [7, 11) is 0. The molecule has 0 spiro atoms. The van der Waals surface area contributed by atoms with Crippen LogP contribution >= 0.6 is 0 Å². The predicted molar refractivity (Wildman–Crippen MR) is 192 cm³/mol. The van der Waals surface area contributed by atoms with Gasteiger partial charge in [0.05, 0.1) is 16.7 Å². The van der Waals surface area contributed by atoms with Gasteiger partial charge in [-0.1, -0.05) is 123 Å². The van der Waals surface area contributed by atoms with Crippen molar-refractivity contribution in [3.8, 4) is 5.69 Å². The number of nitrogens with one attached hydrogen (secondary N) is 1. The zero-order valence-electron chi connectivity index (χ0n) is 26.1. The maximum Gasteiger partial charge on any atom is 0.145 e. The Morgan fingerprint density at radius 2 is 1.50 bits per heavy atom. The molecule has 3 nitrogen and oxygen atoms in total. The molecule has 0 saturated heterocycles. The van der Waals surface area contributed by atoms with Gasteiger partial charge in [0.1, 0.15) is 6.17 Å². The standard InChI is InChI=1S/C43H35N3/c1-43(2)36-22-11-9-20-32(36)34-25-35-33-21-10-12-23-40(33)46(41(35)26-37(34)43)31-19-13-18-30(24-31)42-44-38(28-14-5-3-6-15-28)27-39(45-42)29-16-7-4-8-17-29/h3-21,23-27,36,42,44H,22H2,1-2H3. The lowest BCUT2D eigenvalue weighted by atomic mass is 9.75. The second-order valence-corrected chi connectivity index (χ2v) is 13.3. The number of benzene rings is 5. The number of rotatable bonds is 4. The highest BCUT2D eigenvalue weighted by atomic mass is 15.1. The average Bonchev–Trinajstić information content (AvgIpc) is 3.56. The minimum absolute atomic E-state index is 0.0675. The molecule has 6 aromatic rings. The van der Waals surface area contributed by atoms with E-state index in [1.807, 2.05) is 0 Å². The first-order valence-corrected chi connectivity index (χ1v) is 16.3. The van der Waals surface area contributed by atoms with Crippen LogP contribution in [-0.2, 0) is 5.41 Å². The van der Waals surface area contributed by atoms with Gasteiger partial charge in [0.25, 0.3) is 0 Å². The van der Waals surface area contributed by atoms with Gasteiger partial charge < -0.3 is 9.88 Å². The van der Waals surface area contributed by atoms with Gasteiger partial charge in [0.15, 0.2) is 0 Å². The van der Waals surface area contributed by atoms with E-state index in [1.54, 1.807) is 0 Å². The van der Waals surface area contributed by atoms with Gasteiger partial charge in [-0.05, 0) is 87.6 Å². The van der Waals surface area contributed by atoms with Crippen molar-refractivity contribution in [3.63, 3.8) is 0 Å². The fourth-order valence-corrected chi connectivity index (χ4v) is 7.92. The molecule has 0 fully saturated rings. The first kappa shape index (κ1) is 26.9. The summed E-state index contributed by atoms with van der Waals surface area (Å²) < 4.78 is 2.46. The number of allylic oxidation sites excluding steroid dienone is 5. The van der Waals surface area contributed by atoms with Gasteiger partial charge in [0.2, 0.25) is 0 Å². The SMILES string of the molecule is CC1(C)c2cc3c(cc2C2=CC=CCC21)c1ccccc1n3-c1cccc(C2N=C(c3ccccc3)C=C(c3ccccc3)N2)c1. The van der Waals surface area contributed by atoms with Crippen molar-refractivity contribution in [2.75, 3.05) is 0 Å². The molecule has 1 aromatic heterocycles. The topological polar surface area (TPSA) is 29.3 Å². The minimum Gasteiger partial charge on any atom is -0.360 e. The lowest BCUT2D eigenvalue weighted by Gasteiger charge is -2.29. The van der Waals surface area contributed by atoms with Crippen LogP contribution < -0.4 is 5.32 Å². The zero-order chi connectivity index (χ0) is 30.8. The highest BCUT2D eigenvalue weighted by Crippen LogP contribution is 2.54. The summed E-state index contributed by atoms with van der Waals surface area (Å²) in [5, 5.41) is 6.35. The number of para-hydroxylation sites is 1. The number of nitrogens with zero attached hydrogens (tertiary/aromatic N) is 2. The second-order valence-electron chi connectivity index (χ2n) is 13.3. The van der Waals surface area contributed by atoms with E-state index in [9.17, 15) is 0 Å². The van der Waals surface area contributed by atoms with Crippen LogP contribution in [0.25, 0.3) is 38.8 Å².